The molecule has 3 aromatic rings. The highest BCUT2D eigenvalue weighted by molar-refractivity contribution is 14.1. The summed E-state index contributed by atoms with van der Waals surface area (Å²) >= 11 is 5.04. The molecule has 3 amide bonds. The lowest BCUT2D eigenvalue weighted by molar-refractivity contribution is -0.384. The second kappa shape index (κ2) is 12.3. The summed E-state index contributed by atoms with van der Waals surface area (Å²) in [4.78, 5) is 49.3. The Bertz CT molecular complexity index is 1450. The number of thioether (sulfide) groups is 1. The van der Waals surface area contributed by atoms with E-state index in [0.29, 0.717) is 17.0 Å². The first-order valence-corrected chi connectivity index (χ1v) is 14.0. The summed E-state index contributed by atoms with van der Waals surface area (Å²) in [7, 11) is 0. The molecule has 9 nitrogen and oxygen atoms in total. The first kappa shape index (κ1) is 28.0. The molecule has 0 aromatic heterocycles. The maximum atomic E-state index is 12.9. The number of carbonyl (C=O) groups is 3. The lowest BCUT2D eigenvalue weighted by Crippen LogP contribution is -2.36. The highest BCUT2D eigenvalue weighted by atomic mass is 127. The van der Waals surface area contributed by atoms with Crippen LogP contribution < -0.4 is 10.1 Å². The fourth-order valence-corrected chi connectivity index (χ4v) is 6.49. The molecule has 3 aromatic carbocycles. The Morgan fingerprint density at radius 3 is 2.42 bits per heavy atom. The van der Waals surface area contributed by atoms with E-state index in [1.54, 1.807) is 30.3 Å². The third-order valence-corrected chi connectivity index (χ3v) is 7.84. The summed E-state index contributed by atoms with van der Waals surface area (Å²) in [6.45, 7) is 1.75. The monoisotopic (exact) mass is 755 g/mol. The van der Waals surface area contributed by atoms with Crippen LogP contribution in [0.4, 0.5) is 16.2 Å². The maximum absolute atomic E-state index is 12.9. The molecule has 4 rings (SSSR count). The van der Waals surface area contributed by atoms with Gasteiger partial charge in [-0.1, -0.05) is 12.1 Å². The molecule has 1 N–H and O–H groups in total. The van der Waals surface area contributed by atoms with Crippen LogP contribution in [0.5, 0.6) is 5.75 Å². The predicted molar refractivity (Wildman–Crippen MR) is 162 cm³/mol. The second-order valence-electron chi connectivity index (χ2n) is 8.21. The summed E-state index contributed by atoms with van der Waals surface area (Å²) in [5.41, 5.74) is 3.07. The maximum Gasteiger partial charge on any atom is 0.294 e. The predicted octanol–water partition coefficient (Wildman–Crippen LogP) is 6.37. The second-order valence-corrected chi connectivity index (χ2v) is 11.5. The van der Waals surface area contributed by atoms with E-state index >= 15 is 0 Å². The van der Waals surface area contributed by atoms with Gasteiger partial charge >= 0.3 is 0 Å². The summed E-state index contributed by atoms with van der Waals surface area (Å²) in [5.74, 6) is -0.344. The number of nitrogens with one attached hydrogen (secondary N) is 1. The highest BCUT2D eigenvalue weighted by Crippen LogP contribution is 2.35. The largest absolute Gasteiger partial charge is 0.487 e. The summed E-state index contributed by atoms with van der Waals surface area (Å²) < 4.78 is 7.53. The average molecular weight is 755 g/mol. The van der Waals surface area contributed by atoms with Crippen LogP contribution in [0.15, 0.2) is 65.6 Å². The van der Waals surface area contributed by atoms with Crippen LogP contribution in [0, 0.1) is 24.2 Å². The number of hydrogen-bond acceptors (Lipinski definition) is 7. The lowest BCUT2D eigenvalue weighted by atomic mass is 10.2. The number of carbonyl (C=O) groups excluding carboxylic acids is 3. The number of non-ortho nitro benzene ring substituents is 1. The first-order valence-electron chi connectivity index (χ1n) is 11.1. The third kappa shape index (κ3) is 6.91. The Morgan fingerprint density at radius 1 is 1.11 bits per heavy atom. The van der Waals surface area contributed by atoms with Gasteiger partial charge < -0.3 is 10.1 Å². The molecular formula is C26H19I2N3O6S. The van der Waals surface area contributed by atoms with Crippen molar-refractivity contribution in [3.63, 3.8) is 0 Å². The standard InChI is InChI=1S/C26H19I2N3O6S/c1-15-3-2-4-18(9-15)29-23(32)13-30-25(33)22(38-26(30)34)12-17-10-20(27)24(21(28)11-17)37-14-16-5-7-19(8-6-16)31(35)36/h2-12H,13-14H2,1H3,(H,29,32)/b22-12-. The molecule has 1 aliphatic rings. The molecule has 0 radical (unpaired) electrons. The van der Waals surface area contributed by atoms with Crippen molar-refractivity contribution in [3.8, 4) is 5.75 Å². The van der Waals surface area contributed by atoms with Crippen molar-refractivity contribution in [1.82, 2.24) is 4.90 Å². The van der Waals surface area contributed by atoms with E-state index in [4.69, 9.17) is 4.74 Å². The van der Waals surface area contributed by atoms with Gasteiger partial charge in [0.15, 0.2) is 0 Å². The zero-order valence-electron chi connectivity index (χ0n) is 19.8. The van der Waals surface area contributed by atoms with Gasteiger partial charge in [-0.3, -0.25) is 29.4 Å². The van der Waals surface area contributed by atoms with Gasteiger partial charge in [-0.05, 0) is 123 Å². The number of nitro groups is 1. The number of ether oxygens (including phenoxy) is 1. The minimum atomic E-state index is -0.525. The molecular weight excluding hydrogens is 736 g/mol. The smallest absolute Gasteiger partial charge is 0.294 e. The Kier molecular flexibility index (Phi) is 9.04. The van der Waals surface area contributed by atoms with Crippen LogP contribution in [-0.4, -0.2) is 33.4 Å². The van der Waals surface area contributed by atoms with Gasteiger partial charge in [0.05, 0.1) is 17.0 Å². The fourth-order valence-electron chi connectivity index (χ4n) is 3.52. The van der Waals surface area contributed by atoms with Crippen LogP contribution in [0.1, 0.15) is 16.7 Å². The Balaban J connectivity index is 1.42. The van der Waals surface area contributed by atoms with E-state index in [2.05, 4.69) is 50.5 Å². The Labute approximate surface area is 249 Å². The van der Waals surface area contributed by atoms with Crippen molar-refractivity contribution < 1.29 is 24.0 Å². The molecule has 0 unspecified atom stereocenters. The van der Waals surface area contributed by atoms with Crippen LogP contribution >= 0.6 is 56.9 Å². The number of aryl methyl sites for hydroxylation is 1. The van der Waals surface area contributed by atoms with E-state index < -0.39 is 22.0 Å². The van der Waals surface area contributed by atoms with Crippen LogP contribution in [0.3, 0.4) is 0 Å². The van der Waals surface area contributed by atoms with Crippen molar-refractivity contribution in [1.29, 1.82) is 0 Å². The fraction of sp³-hybridized carbons (Fsp3) is 0.115. The summed E-state index contributed by atoms with van der Waals surface area (Å²) in [5, 5.41) is 13.0. The summed E-state index contributed by atoms with van der Waals surface area (Å²) in [6, 6.07) is 17.0. The van der Waals surface area contributed by atoms with E-state index in [1.807, 2.05) is 31.2 Å². The molecule has 1 heterocycles. The van der Waals surface area contributed by atoms with E-state index in [9.17, 15) is 24.5 Å². The minimum absolute atomic E-state index is 0.0126. The number of benzene rings is 3. The number of imide groups is 1. The SMILES string of the molecule is Cc1cccc(NC(=O)CN2C(=O)S/C(=C\c3cc(I)c(OCc4ccc([N+](=O)[O-])cc4)c(I)c3)C2=O)c1. The van der Waals surface area contributed by atoms with E-state index in [0.717, 1.165) is 34.9 Å². The van der Waals surface area contributed by atoms with Crippen molar-refractivity contribution in [2.24, 2.45) is 0 Å². The average Bonchev–Trinajstić information content (AvgIpc) is 3.11. The topological polar surface area (TPSA) is 119 Å². The number of nitro benzene ring substituents is 1. The normalized spacial score (nSPS) is 14.2. The van der Waals surface area contributed by atoms with E-state index in [-0.39, 0.29) is 23.7 Å². The molecule has 1 aliphatic heterocycles. The van der Waals surface area contributed by atoms with Gasteiger partial charge in [-0.15, -0.1) is 0 Å². The molecule has 0 saturated carbocycles. The van der Waals surface area contributed by atoms with Gasteiger partial charge in [0, 0.05) is 17.8 Å². The Morgan fingerprint density at radius 2 is 1.79 bits per heavy atom. The van der Waals surface area contributed by atoms with Crippen molar-refractivity contribution in [2.75, 3.05) is 11.9 Å². The highest BCUT2D eigenvalue weighted by Gasteiger charge is 2.36. The quantitative estimate of drug-likeness (QED) is 0.123. The molecule has 12 heteroatoms. The molecule has 194 valence electrons. The number of amides is 3. The molecule has 0 spiro atoms. The molecule has 0 aliphatic carbocycles. The number of nitrogens with zero attached hydrogens (tertiary/aromatic N) is 2. The Hall–Kier alpha value is -2.98. The molecule has 38 heavy (non-hydrogen) atoms. The number of halogens is 2. The van der Waals surface area contributed by atoms with Gasteiger partial charge in [-0.2, -0.15) is 0 Å². The van der Waals surface area contributed by atoms with Crippen LogP contribution in [-0.2, 0) is 16.2 Å². The number of hydrogen-bond donors (Lipinski definition) is 1. The van der Waals surface area contributed by atoms with Crippen LogP contribution in [0.2, 0.25) is 0 Å². The molecule has 1 fully saturated rings. The minimum Gasteiger partial charge on any atom is -0.487 e. The number of anilines is 1. The van der Waals surface area contributed by atoms with Crippen molar-refractivity contribution in [3.05, 3.63) is 99.5 Å². The van der Waals surface area contributed by atoms with Crippen molar-refractivity contribution in [2.45, 2.75) is 13.5 Å². The summed E-state index contributed by atoms with van der Waals surface area (Å²) in [6.07, 6.45) is 1.62. The van der Waals surface area contributed by atoms with Gasteiger partial charge in [0.1, 0.15) is 18.9 Å². The molecule has 1 saturated heterocycles. The number of rotatable bonds is 8. The molecule has 0 bridgehead atoms. The zero-order valence-corrected chi connectivity index (χ0v) is 24.9. The first-order chi connectivity index (χ1) is 18.1. The van der Waals surface area contributed by atoms with Gasteiger partial charge in [-0.25, -0.2) is 0 Å². The molecule has 0 atom stereocenters. The third-order valence-electron chi connectivity index (χ3n) is 5.33. The van der Waals surface area contributed by atoms with Gasteiger partial charge in [0.25, 0.3) is 16.8 Å². The van der Waals surface area contributed by atoms with Crippen molar-refractivity contribution >= 4 is 91.4 Å². The zero-order chi connectivity index (χ0) is 27.4. The van der Waals surface area contributed by atoms with Gasteiger partial charge in [0.2, 0.25) is 5.91 Å². The van der Waals surface area contributed by atoms with E-state index in [1.165, 1.54) is 12.1 Å². The lowest BCUT2D eigenvalue weighted by Gasteiger charge is -2.13. The van der Waals surface area contributed by atoms with Crippen LogP contribution in [0.25, 0.3) is 6.08 Å².